The largest absolute Gasteiger partial charge is 0.497 e. The van der Waals surface area contributed by atoms with Crippen molar-refractivity contribution in [2.24, 2.45) is 0 Å². The molecule has 0 unspecified atom stereocenters. The predicted octanol–water partition coefficient (Wildman–Crippen LogP) is 3.96. The summed E-state index contributed by atoms with van der Waals surface area (Å²) in [6.07, 6.45) is 5.14. The molecule has 2 heterocycles. The van der Waals surface area contributed by atoms with Crippen LogP contribution in [0.25, 0.3) is 16.5 Å². The van der Waals surface area contributed by atoms with Gasteiger partial charge >= 0.3 is 0 Å². The number of fused-ring (bicyclic) bond motifs is 1. The molecule has 0 aliphatic carbocycles. The second kappa shape index (κ2) is 8.62. The molecule has 1 aliphatic heterocycles. The van der Waals surface area contributed by atoms with Crippen molar-refractivity contribution >= 4 is 16.5 Å². The number of aryl methyl sites for hydroxylation is 2. The summed E-state index contributed by atoms with van der Waals surface area (Å²) in [5, 5.41) is 0.668. The van der Waals surface area contributed by atoms with Crippen molar-refractivity contribution < 1.29 is 4.74 Å². The Morgan fingerprint density at radius 2 is 2.00 bits per heavy atom. The van der Waals surface area contributed by atoms with E-state index in [1.54, 1.807) is 7.11 Å². The van der Waals surface area contributed by atoms with E-state index in [2.05, 4.69) is 33.1 Å². The Bertz CT molecular complexity index is 1080. The normalized spacial score (nSPS) is 14.8. The number of H-pyrrole nitrogens is 1. The highest BCUT2D eigenvalue weighted by Gasteiger charge is 2.13. The number of benzene rings is 2. The number of rotatable bonds is 6. The SMILES string of the molecule is COc1ccc(C2=CCN(CCCc3nc4c(C)cccc4c(=O)[nH]3)CC2)cc1. The minimum Gasteiger partial charge on any atom is -0.497 e. The number of ether oxygens (including phenoxy) is 1. The molecule has 5 heteroatoms. The molecule has 5 nitrogen and oxygen atoms in total. The van der Waals surface area contributed by atoms with Crippen LogP contribution in [0.2, 0.25) is 0 Å². The van der Waals surface area contributed by atoms with E-state index in [0.717, 1.165) is 61.6 Å². The van der Waals surface area contributed by atoms with Crippen molar-refractivity contribution in [1.82, 2.24) is 14.9 Å². The topological polar surface area (TPSA) is 58.2 Å². The maximum absolute atomic E-state index is 12.3. The summed E-state index contributed by atoms with van der Waals surface area (Å²) >= 11 is 0. The number of hydrogen-bond donors (Lipinski definition) is 1. The number of aromatic nitrogens is 2. The van der Waals surface area contributed by atoms with Gasteiger partial charge in [0.2, 0.25) is 0 Å². The zero-order valence-electron chi connectivity index (χ0n) is 17.1. The molecule has 150 valence electrons. The second-order valence-corrected chi connectivity index (χ2v) is 7.60. The second-order valence-electron chi connectivity index (χ2n) is 7.60. The first-order chi connectivity index (χ1) is 14.1. The summed E-state index contributed by atoms with van der Waals surface area (Å²) in [5.74, 6) is 1.67. The number of aromatic amines is 1. The van der Waals surface area contributed by atoms with Crippen molar-refractivity contribution in [1.29, 1.82) is 0 Å². The van der Waals surface area contributed by atoms with Gasteiger partial charge in [-0.1, -0.05) is 30.3 Å². The number of methoxy groups -OCH3 is 1. The molecular formula is C24H27N3O2. The molecule has 0 amide bonds. The fourth-order valence-electron chi connectivity index (χ4n) is 3.92. The average molecular weight is 389 g/mol. The van der Waals surface area contributed by atoms with Crippen molar-refractivity contribution in [3.63, 3.8) is 0 Å². The van der Waals surface area contributed by atoms with Crippen molar-refractivity contribution in [3.05, 3.63) is 75.8 Å². The van der Waals surface area contributed by atoms with Gasteiger partial charge in [0.25, 0.3) is 5.56 Å². The highest BCUT2D eigenvalue weighted by Crippen LogP contribution is 2.24. The molecule has 1 aromatic heterocycles. The minimum atomic E-state index is -0.0428. The van der Waals surface area contributed by atoms with E-state index < -0.39 is 0 Å². The third kappa shape index (κ3) is 4.40. The lowest BCUT2D eigenvalue weighted by Gasteiger charge is -2.26. The van der Waals surface area contributed by atoms with Gasteiger partial charge < -0.3 is 9.72 Å². The van der Waals surface area contributed by atoms with E-state index in [1.165, 1.54) is 11.1 Å². The Morgan fingerprint density at radius 3 is 2.72 bits per heavy atom. The fraction of sp³-hybridized carbons (Fsp3) is 0.333. The van der Waals surface area contributed by atoms with Gasteiger partial charge in [-0.25, -0.2) is 4.98 Å². The average Bonchev–Trinajstić information content (AvgIpc) is 2.75. The number of nitrogens with one attached hydrogen (secondary N) is 1. The molecule has 2 aromatic carbocycles. The summed E-state index contributed by atoms with van der Waals surface area (Å²) in [6, 6.07) is 14.0. The number of para-hydroxylation sites is 1. The van der Waals surface area contributed by atoms with Crippen LogP contribution >= 0.6 is 0 Å². The first kappa shape index (κ1) is 19.4. The maximum atomic E-state index is 12.3. The molecule has 1 N–H and O–H groups in total. The number of hydrogen-bond acceptors (Lipinski definition) is 4. The van der Waals surface area contributed by atoms with E-state index in [-0.39, 0.29) is 5.56 Å². The van der Waals surface area contributed by atoms with E-state index in [0.29, 0.717) is 5.39 Å². The van der Waals surface area contributed by atoms with Crippen LogP contribution in [0.1, 0.15) is 29.8 Å². The van der Waals surface area contributed by atoms with Crippen LogP contribution in [0.3, 0.4) is 0 Å². The quantitative estimate of drug-likeness (QED) is 0.693. The van der Waals surface area contributed by atoms with Crippen molar-refractivity contribution in [2.45, 2.75) is 26.2 Å². The maximum Gasteiger partial charge on any atom is 0.258 e. The van der Waals surface area contributed by atoms with Crippen LogP contribution in [0.15, 0.2) is 53.3 Å². The van der Waals surface area contributed by atoms with Crippen molar-refractivity contribution in [2.75, 3.05) is 26.7 Å². The van der Waals surface area contributed by atoms with Gasteiger partial charge in [-0.15, -0.1) is 0 Å². The molecule has 0 radical (unpaired) electrons. The smallest absolute Gasteiger partial charge is 0.258 e. The van der Waals surface area contributed by atoms with E-state index in [4.69, 9.17) is 4.74 Å². The van der Waals surface area contributed by atoms with Gasteiger partial charge in [0.05, 0.1) is 18.0 Å². The molecule has 29 heavy (non-hydrogen) atoms. The highest BCUT2D eigenvalue weighted by atomic mass is 16.5. The van der Waals surface area contributed by atoms with Crippen LogP contribution in [-0.2, 0) is 6.42 Å². The minimum absolute atomic E-state index is 0.0428. The lowest BCUT2D eigenvalue weighted by Crippen LogP contribution is -2.30. The molecule has 1 aliphatic rings. The monoisotopic (exact) mass is 389 g/mol. The lowest BCUT2D eigenvalue weighted by atomic mass is 9.99. The molecule has 0 bridgehead atoms. The molecule has 0 saturated carbocycles. The van der Waals surface area contributed by atoms with Gasteiger partial charge in [0.15, 0.2) is 0 Å². The van der Waals surface area contributed by atoms with Gasteiger partial charge in [0, 0.05) is 19.5 Å². The zero-order valence-corrected chi connectivity index (χ0v) is 17.1. The standard InChI is InChI=1S/C24H27N3O2/c1-17-5-3-6-21-23(17)25-22(26-24(21)28)7-4-14-27-15-12-19(13-16-27)18-8-10-20(29-2)11-9-18/h3,5-6,8-12H,4,7,13-16H2,1-2H3,(H,25,26,28). The summed E-state index contributed by atoms with van der Waals surface area (Å²) in [7, 11) is 1.69. The van der Waals surface area contributed by atoms with Crippen molar-refractivity contribution in [3.8, 4) is 5.75 Å². The molecular weight excluding hydrogens is 362 g/mol. The van der Waals surface area contributed by atoms with Gasteiger partial charge in [-0.05, 0) is 61.2 Å². The Kier molecular flexibility index (Phi) is 5.76. The van der Waals surface area contributed by atoms with Crippen LogP contribution in [0, 0.1) is 6.92 Å². The number of nitrogens with zero attached hydrogens (tertiary/aromatic N) is 2. The third-order valence-corrected chi connectivity index (χ3v) is 5.63. The molecule has 4 rings (SSSR count). The van der Waals surface area contributed by atoms with Gasteiger partial charge in [0.1, 0.15) is 11.6 Å². The van der Waals surface area contributed by atoms with E-state index >= 15 is 0 Å². The summed E-state index contributed by atoms with van der Waals surface area (Å²) in [4.78, 5) is 22.4. The molecule has 0 fully saturated rings. The Hall–Kier alpha value is -2.92. The van der Waals surface area contributed by atoms with Crippen LogP contribution < -0.4 is 10.3 Å². The fourth-order valence-corrected chi connectivity index (χ4v) is 3.92. The van der Waals surface area contributed by atoms with E-state index in [9.17, 15) is 4.79 Å². The lowest BCUT2D eigenvalue weighted by molar-refractivity contribution is 0.297. The molecule has 0 spiro atoms. The van der Waals surface area contributed by atoms with Gasteiger partial charge in [-0.3, -0.25) is 9.69 Å². The van der Waals surface area contributed by atoms with Crippen LogP contribution in [0.4, 0.5) is 0 Å². The molecule has 0 atom stereocenters. The van der Waals surface area contributed by atoms with Crippen LogP contribution in [0.5, 0.6) is 5.75 Å². The first-order valence-corrected chi connectivity index (χ1v) is 10.2. The molecule has 0 saturated heterocycles. The summed E-state index contributed by atoms with van der Waals surface area (Å²) in [6.45, 7) is 5.02. The summed E-state index contributed by atoms with van der Waals surface area (Å²) < 4.78 is 5.24. The Balaban J connectivity index is 1.34. The molecule has 3 aromatic rings. The highest BCUT2D eigenvalue weighted by molar-refractivity contribution is 5.80. The Labute approximate surface area is 171 Å². The van der Waals surface area contributed by atoms with E-state index in [1.807, 2.05) is 37.3 Å². The summed E-state index contributed by atoms with van der Waals surface area (Å²) in [5.41, 5.74) is 4.50. The third-order valence-electron chi connectivity index (χ3n) is 5.63. The van der Waals surface area contributed by atoms with Gasteiger partial charge in [-0.2, -0.15) is 0 Å². The first-order valence-electron chi connectivity index (χ1n) is 10.2. The Morgan fingerprint density at radius 1 is 1.17 bits per heavy atom. The predicted molar refractivity (Wildman–Crippen MR) is 117 cm³/mol. The zero-order chi connectivity index (χ0) is 20.2. The van der Waals surface area contributed by atoms with Crippen LogP contribution in [-0.4, -0.2) is 41.6 Å².